The summed E-state index contributed by atoms with van der Waals surface area (Å²) in [5, 5.41) is 35.6. The van der Waals surface area contributed by atoms with Crippen LogP contribution in [0.5, 0.6) is 0 Å². The van der Waals surface area contributed by atoms with Gasteiger partial charge in [-0.15, -0.1) is 0 Å². The van der Waals surface area contributed by atoms with E-state index in [1.54, 1.807) is 0 Å². The molecule has 0 aliphatic heterocycles. The maximum atomic E-state index is 9.36. The summed E-state index contributed by atoms with van der Waals surface area (Å²) < 4.78 is 0. The maximum absolute atomic E-state index is 9.36. The zero-order valence-electron chi connectivity index (χ0n) is 12.1. The first kappa shape index (κ1) is 35.1. The van der Waals surface area contributed by atoms with E-state index >= 15 is 0 Å². The van der Waals surface area contributed by atoms with E-state index in [-0.39, 0.29) is 27.3 Å². The second kappa shape index (κ2) is 21.0. The van der Waals surface area contributed by atoms with Crippen LogP contribution in [0.1, 0.15) is 0 Å². The first-order chi connectivity index (χ1) is 10.6. The second-order valence-electron chi connectivity index (χ2n) is 2.77. The molecule has 136 valence electrons. The molecule has 0 spiro atoms. The molecule has 0 radical (unpaired) electrons. The first-order valence-corrected chi connectivity index (χ1v) is 6.31. The molecule has 0 rings (SSSR count). The number of carboxylic acid groups (broad SMARTS) is 4. The minimum atomic E-state index is -1.42. The Morgan fingerprint density at radius 1 is 0.480 bits per heavy atom. The fraction of sp³-hybridized carbons (Fsp3) is 0. The number of rotatable bonds is 4. The van der Waals surface area contributed by atoms with Gasteiger partial charge in [-0.05, 0) is 0 Å². The molecule has 25 heavy (non-hydrogen) atoms. The van der Waals surface area contributed by atoms with Gasteiger partial charge < -0.3 is 39.6 Å². The Morgan fingerprint density at radius 3 is 0.520 bits per heavy atom. The topological polar surface area (TPSA) is 161 Å². The number of halogens is 4. The molecule has 0 N–H and O–H groups in total. The van der Waals surface area contributed by atoms with Crippen molar-refractivity contribution in [3.8, 4) is 0 Å². The van der Waals surface area contributed by atoms with Gasteiger partial charge >= 0.3 is 27.3 Å². The van der Waals surface area contributed by atoms with Gasteiger partial charge in [-0.25, -0.2) is 0 Å². The average Bonchev–Trinajstić information content (AvgIpc) is 2.40. The summed E-state index contributed by atoms with van der Waals surface area (Å²) in [4.78, 5) is 37.4. The molecule has 0 fully saturated rings. The van der Waals surface area contributed by atoms with Crippen molar-refractivity contribution < 1.29 is 39.6 Å². The summed E-state index contributed by atoms with van der Waals surface area (Å²) in [6, 6.07) is 0. The van der Waals surface area contributed by atoms with E-state index < -0.39 is 44.0 Å². The van der Waals surface area contributed by atoms with Crippen molar-refractivity contribution in [2.45, 2.75) is 0 Å². The van der Waals surface area contributed by atoms with Crippen LogP contribution in [-0.4, -0.2) is 51.2 Å². The summed E-state index contributed by atoms with van der Waals surface area (Å²) in [6.07, 6.45) is 0. The molecule has 0 heterocycles. The van der Waals surface area contributed by atoms with Gasteiger partial charge in [0.25, 0.3) is 0 Å². The van der Waals surface area contributed by atoms with Crippen LogP contribution in [0.4, 0.5) is 0 Å². The maximum Gasteiger partial charge on any atom is 4.00 e. The Hall–Kier alpha value is -1.08. The third-order valence-corrected chi connectivity index (χ3v) is 1.50. The van der Waals surface area contributed by atoms with Crippen molar-refractivity contribution in [3.63, 3.8) is 0 Å². The number of carbonyl (C=O) groups excluding carboxylic acids is 4. The molecule has 0 unspecified atom stereocenters. The third kappa shape index (κ3) is 45.1. The molecule has 13 heteroatoms. The largest absolute Gasteiger partial charge is 4.00 e. The smallest absolute Gasteiger partial charge is 0.544 e. The molecule has 0 atom stereocenters. The van der Waals surface area contributed by atoms with Crippen molar-refractivity contribution in [2.75, 3.05) is 0 Å². The summed E-state index contributed by atoms with van der Waals surface area (Å²) in [5.74, 6) is -5.68. The van der Waals surface area contributed by atoms with Crippen LogP contribution in [0.15, 0.2) is 46.4 Å². The first-order valence-electron chi connectivity index (χ1n) is 4.80. The van der Waals surface area contributed by atoms with E-state index in [2.05, 4.69) is 26.3 Å². The van der Waals surface area contributed by atoms with Gasteiger partial charge in [0.2, 0.25) is 0 Å². The predicted molar refractivity (Wildman–Crippen MR) is 85.8 cm³/mol. The molecule has 0 aliphatic carbocycles. The Labute approximate surface area is 182 Å². The van der Waals surface area contributed by atoms with Gasteiger partial charge in [0.15, 0.2) is 0 Å². The van der Waals surface area contributed by atoms with E-state index in [4.69, 9.17) is 46.4 Å². The van der Waals surface area contributed by atoms with Gasteiger partial charge in [0.1, 0.15) is 0 Å². The van der Waals surface area contributed by atoms with Crippen LogP contribution >= 0.6 is 46.4 Å². The summed E-state index contributed by atoms with van der Waals surface area (Å²) >= 11 is 19.0. The number of carbonyl (C=O) groups is 4. The third-order valence-electron chi connectivity index (χ3n) is 0.886. The van der Waals surface area contributed by atoms with Crippen molar-refractivity contribution in [2.24, 2.45) is 0 Å². The Morgan fingerprint density at radius 2 is 0.520 bits per heavy atom. The van der Waals surface area contributed by atoms with Gasteiger partial charge in [0.05, 0.1) is 44.0 Å². The van der Waals surface area contributed by atoms with Gasteiger partial charge in [-0.1, -0.05) is 72.7 Å². The molecule has 0 aromatic carbocycles. The predicted octanol–water partition coefficient (Wildman–Crippen LogP) is -2.43. The van der Waals surface area contributed by atoms with E-state index in [1.165, 1.54) is 0 Å². The van der Waals surface area contributed by atoms with Crippen molar-refractivity contribution >= 4 is 97.6 Å². The molecule has 0 aromatic rings. The molecule has 0 bridgehead atoms. The number of aliphatic carboxylic acids is 4. The molecule has 0 amide bonds. The monoisotopic (exact) mass is 628 g/mol. The Kier molecular flexibility index (Phi) is 29.4. The van der Waals surface area contributed by atoms with Crippen LogP contribution in [-0.2, 0) is 19.2 Å². The molecular formula is C12H8Cl4O8Pb. The Bertz CT molecular complexity index is 401. The second-order valence-corrected chi connectivity index (χ2v) is 4.59. The molecule has 0 saturated heterocycles. The quantitative estimate of drug-likeness (QED) is 0.245. The van der Waals surface area contributed by atoms with E-state index in [9.17, 15) is 39.6 Å². The molecule has 8 nitrogen and oxygen atoms in total. The number of hydrogen-bond acceptors (Lipinski definition) is 8. The van der Waals surface area contributed by atoms with Crippen molar-refractivity contribution in [3.05, 3.63) is 46.4 Å². The van der Waals surface area contributed by atoms with Gasteiger partial charge in [-0.2, -0.15) is 0 Å². The number of carboxylic acids is 4. The fourth-order valence-corrected chi connectivity index (χ4v) is 0. The zero-order valence-corrected chi connectivity index (χ0v) is 19.0. The van der Waals surface area contributed by atoms with E-state index in [1.807, 2.05) is 0 Å². The molecular weight excluding hydrogens is 621 g/mol. The van der Waals surface area contributed by atoms with Crippen LogP contribution in [0.25, 0.3) is 0 Å². The Balaban J connectivity index is -0.0000000702. The standard InChI is InChI=1S/4C3H3ClO2.Pb/c4*1-2(4)3(5)6;/h4*1H2,(H,5,6);/q;;;;+4/p-4. The zero-order chi connectivity index (χ0) is 20.6. The van der Waals surface area contributed by atoms with Crippen molar-refractivity contribution in [1.82, 2.24) is 0 Å². The van der Waals surface area contributed by atoms with Gasteiger partial charge in [-0.3, -0.25) is 0 Å². The van der Waals surface area contributed by atoms with Crippen LogP contribution < -0.4 is 20.4 Å². The molecule has 0 aliphatic rings. The number of hydrogen-bond donors (Lipinski definition) is 0. The van der Waals surface area contributed by atoms with Crippen LogP contribution in [0, 0.1) is 0 Å². The van der Waals surface area contributed by atoms with Crippen molar-refractivity contribution in [1.29, 1.82) is 0 Å². The average molecular weight is 629 g/mol. The summed E-state index contributed by atoms with van der Waals surface area (Å²) in [6.45, 7) is 11.4. The van der Waals surface area contributed by atoms with Gasteiger partial charge in [0, 0.05) is 0 Å². The normalized spacial score (nSPS) is 7.20. The summed E-state index contributed by atoms with van der Waals surface area (Å²) in [5.41, 5.74) is 0. The van der Waals surface area contributed by atoms with Crippen LogP contribution in [0.3, 0.4) is 0 Å². The van der Waals surface area contributed by atoms with Crippen LogP contribution in [0.2, 0.25) is 0 Å². The van der Waals surface area contributed by atoms with E-state index in [0.29, 0.717) is 0 Å². The SMILES string of the molecule is C=C(Cl)C(=O)[O-].C=C(Cl)C(=O)[O-].C=C(Cl)C(=O)[O-].C=C(Cl)C(=O)[O-].[Pb+4]. The minimum Gasteiger partial charge on any atom is -0.544 e. The summed E-state index contributed by atoms with van der Waals surface area (Å²) in [7, 11) is 0. The molecule has 0 saturated carbocycles. The molecule has 0 aromatic heterocycles. The fourth-order valence-electron chi connectivity index (χ4n) is 0. The van der Waals surface area contributed by atoms with E-state index in [0.717, 1.165) is 0 Å². The minimum absolute atomic E-state index is 0.